The van der Waals surface area contributed by atoms with E-state index in [1.54, 1.807) is 56.5 Å². The smallest absolute Gasteiger partial charge is 0.291 e. The number of rotatable bonds is 9. The number of hydrogen-bond acceptors (Lipinski definition) is 7. The highest BCUT2D eigenvalue weighted by Crippen LogP contribution is 2.21. The number of methoxy groups -OCH3 is 1. The molecule has 2 N–H and O–H groups in total. The van der Waals surface area contributed by atoms with Crippen molar-refractivity contribution in [1.29, 1.82) is 0 Å². The third-order valence-corrected chi connectivity index (χ3v) is 4.92. The number of carbonyl (C=O) groups excluding carboxylic acids is 2. The van der Waals surface area contributed by atoms with Gasteiger partial charge in [-0.25, -0.2) is 0 Å². The fraction of sp³-hybridized carbons (Fsp3) is 0.217. The fourth-order valence-corrected chi connectivity index (χ4v) is 3.23. The molecule has 4 rings (SSSR count). The summed E-state index contributed by atoms with van der Waals surface area (Å²) < 4.78 is 19.5. The summed E-state index contributed by atoms with van der Waals surface area (Å²) in [5.41, 5.74) is 1.33. The van der Waals surface area contributed by atoms with Gasteiger partial charge < -0.3 is 24.5 Å². The third-order valence-electron chi connectivity index (χ3n) is 4.92. The maximum absolute atomic E-state index is 12.7. The molecule has 0 bridgehead atoms. The topological polar surface area (TPSA) is 125 Å². The molecule has 0 radical (unpaired) electrons. The molecule has 3 aromatic heterocycles. The zero-order valence-corrected chi connectivity index (χ0v) is 18.9. The Morgan fingerprint density at radius 3 is 2.65 bits per heavy atom. The predicted molar refractivity (Wildman–Crippen MR) is 122 cm³/mol. The maximum atomic E-state index is 12.7. The summed E-state index contributed by atoms with van der Waals surface area (Å²) in [5, 5.41) is 13.6. The second kappa shape index (κ2) is 9.94. The minimum Gasteiger partial charge on any atom is -0.497 e. The monoisotopic (exact) mass is 464 g/mol. The van der Waals surface area contributed by atoms with Crippen molar-refractivity contribution in [2.75, 3.05) is 12.4 Å². The van der Waals surface area contributed by atoms with Gasteiger partial charge in [-0.2, -0.15) is 10.2 Å². The van der Waals surface area contributed by atoms with Crippen LogP contribution in [0.4, 0.5) is 5.69 Å². The lowest BCUT2D eigenvalue weighted by atomic mass is 10.3. The molecule has 0 atom stereocenters. The number of furan rings is 1. The minimum absolute atomic E-state index is 0.0785. The summed E-state index contributed by atoms with van der Waals surface area (Å²) in [6, 6.07) is 10.4. The van der Waals surface area contributed by atoms with Gasteiger partial charge in [-0.3, -0.25) is 19.0 Å². The molecule has 0 aliphatic rings. The second-order valence-corrected chi connectivity index (χ2v) is 7.42. The van der Waals surface area contributed by atoms with Crippen LogP contribution in [0.2, 0.25) is 0 Å². The van der Waals surface area contributed by atoms with E-state index >= 15 is 0 Å². The number of nitrogens with one attached hydrogen (secondary N) is 2. The zero-order chi connectivity index (χ0) is 24.1. The van der Waals surface area contributed by atoms with Crippen molar-refractivity contribution in [2.45, 2.75) is 13.2 Å². The lowest BCUT2D eigenvalue weighted by Gasteiger charge is -2.08. The van der Waals surface area contributed by atoms with E-state index in [-0.39, 0.29) is 29.7 Å². The Kier molecular flexibility index (Phi) is 6.62. The number of amides is 2. The van der Waals surface area contributed by atoms with Gasteiger partial charge in [0, 0.05) is 38.5 Å². The van der Waals surface area contributed by atoms with Crippen molar-refractivity contribution in [3.05, 3.63) is 77.8 Å². The number of nitrogens with zero attached hydrogens (tertiary/aromatic N) is 4. The van der Waals surface area contributed by atoms with Gasteiger partial charge in [-0.05, 0) is 24.3 Å². The molecule has 0 spiro atoms. The first-order chi connectivity index (χ1) is 16.4. The molecule has 11 heteroatoms. The van der Waals surface area contributed by atoms with Crippen LogP contribution in [0.3, 0.4) is 0 Å². The van der Waals surface area contributed by atoms with E-state index in [1.165, 1.54) is 16.9 Å². The Labute approximate surface area is 195 Å². The number of hydrogen-bond donors (Lipinski definition) is 2. The molecule has 0 aliphatic heterocycles. The Balaban J connectivity index is 1.37. The predicted octanol–water partition coefficient (Wildman–Crippen LogP) is 2.52. The number of benzene rings is 1. The maximum Gasteiger partial charge on any atom is 0.291 e. The number of aryl methyl sites for hydroxylation is 2. The van der Waals surface area contributed by atoms with Gasteiger partial charge in [-0.15, -0.1) is 0 Å². The van der Waals surface area contributed by atoms with Crippen molar-refractivity contribution in [3.63, 3.8) is 0 Å². The summed E-state index contributed by atoms with van der Waals surface area (Å²) in [6.07, 6.45) is 4.88. The molecular weight excluding hydrogens is 440 g/mol. The average Bonchev–Trinajstić information content (AvgIpc) is 3.56. The number of anilines is 1. The standard InChI is InChI=1S/C23H24N6O5/c1-28-13-15(11-25-28)10-24-23(31)21-19(12-26-29(21)2)27-22(30)20-8-7-18(34-20)14-33-17-6-4-5-16(9-17)32-3/h4-9,11-13H,10,14H2,1-3H3,(H,24,31)(H,27,30). The third kappa shape index (κ3) is 5.26. The van der Waals surface area contributed by atoms with Crippen molar-refractivity contribution < 1.29 is 23.5 Å². The van der Waals surface area contributed by atoms with Crippen LogP contribution in [0, 0.1) is 0 Å². The van der Waals surface area contributed by atoms with E-state index in [4.69, 9.17) is 13.9 Å². The molecule has 11 nitrogen and oxygen atoms in total. The van der Waals surface area contributed by atoms with Crippen LogP contribution >= 0.6 is 0 Å². The number of ether oxygens (including phenoxy) is 2. The van der Waals surface area contributed by atoms with Gasteiger partial charge in [0.15, 0.2) is 5.76 Å². The number of aromatic nitrogens is 4. The summed E-state index contributed by atoms with van der Waals surface area (Å²) in [7, 11) is 5.00. The van der Waals surface area contributed by atoms with Crippen LogP contribution < -0.4 is 20.1 Å². The van der Waals surface area contributed by atoms with Gasteiger partial charge in [-0.1, -0.05) is 6.07 Å². The highest BCUT2D eigenvalue weighted by molar-refractivity contribution is 6.07. The van der Waals surface area contributed by atoms with Crippen LogP contribution in [0.15, 0.2) is 59.4 Å². The number of carbonyl (C=O) groups is 2. The zero-order valence-electron chi connectivity index (χ0n) is 18.9. The first kappa shape index (κ1) is 22.6. The summed E-state index contributed by atoms with van der Waals surface area (Å²) in [6.45, 7) is 0.426. The first-order valence-electron chi connectivity index (χ1n) is 10.4. The summed E-state index contributed by atoms with van der Waals surface area (Å²) in [4.78, 5) is 25.4. The molecule has 4 aromatic rings. The lowest BCUT2D eigenvalue weighted by Crippen LogP contribution is -2.26. The normalized spacial score (nSPS) is 10.7. The Hall–Kier alpha value is -4.54. The van der Waals surface area contributed by atoms with Gasteiger partial charge in [0.2, 0.25) is 0 Å². The van der Waals surface area contributed by atoms with Crippen LogP contribution in [0.25, 0.3) is 0 Å². The van der Waals surface area contributed by atoms with E-state index in [0.29, 0.717) is 23.8 Å². The Morgan fingerprint density at radius 1 is 1.06 bits per heavy atom. The lowest BCUT2D eigenvalue weighted by molar-refractivity contribution is 0.0942. The van der Waals surface area contributed by atoms with E-state index in [2.05, 4.69) is 20.8 Å². The van der Waals surface area contributed by atoms with E-state index < -0.39 is 5.91 Å². The van der Waals surface area contributed by atoms with E-state index in [1.807, 2.05) is 12.1 Å². The van der Waals surface area contributed by atoms with Crippen LogP contribution in [-0.2, 0) is 27.2 Å². The Bertz CT molecular complexity index is 1300. The minimum atomic E-state index is -0.512. The molecule has 0 aliphatic carbocycles. The second-order valence-electron chi connectivity index (χ2n) is 7.42. The van der Waals surface area contributed by atoms with Crippen molar-refractivity contribution in [3.8, 4) is 11.5 Å². The molecule has 2 amide bonds. The highest BCUT2D eigenvalue weighted by atomic mass is 16.5. The summed E-state index contributed by atoms with van der Waals surface area (Å²) >= 11 is 0. The molecular formula is C23H24N6O5. The molecule has 0 fully saturated rings. The van der Waals surface area contributed by atoms with Crippen LogP contribution in [0.1, 0.15) is 32.4 Å². The molecule has 3 heterocycles. The van der Waals surface area contributed by atoms with Gasteiger partial charge in [0.1, 0.15) is 29.6 Å². The van der Waals surface area contributed by atoms with E-state index in [0.717, 1.165) is 5.56 Å². The van der Waals surface area contributed by atoms with Crippen LogP contribution in [0.5, 0.6) is 11.5 Å². The quantitative estimate of drug-likeness (QED) is 0.390. The Morgan fingerprint density at radius 2 is 1.88 bits per heavy atom. The first-order valence-corrected chi connectivity index (χ1v) is 10.4. The molecule has 176 valence electrons. The molecule has 0 unspecified atom stereocenters. The molecule has 34 heavy (non-hydrogen) atoms. The van der Waals surface area contributed by atoms with Gasteiger partial charge in [0.05, 0.1) is 25.2 Å². The van der Waals surface area contributed by atoms with Crippen molar-refractivity contribution in [1.82, 2.24) is 24.9 Å². The average molecular weight is 464 g/mol. The summed E-state index contributed by atoms with van der Waals surface area (Å²) in [5.74, 6) is 0.934. The largest absolute Gasteiger partial charge is 0.497 e. The van der Waals surface area contributed by atoms with Crippen molar-refractivity contribution >= 4 is 17.5 Å². The van der Waals surface area contributed by atoms with E-state index in [9.17, 15) is 9.59 Å². The van der Waals surface area contributed by atoms with Crippen molar-refractivity contribution in [2.24, 2.45) is 14.1 Å². The molecule has 0 saturated carbocycles. The molecule has 1 aromatic carbocycles. The molecule has 0 saturated heterocycles. The highest BCUT2D eigenvalue weighted by Gasteiger charge is 2.21. The van der Waals surface area contributed by atoms with Crippen LogP contribution in [-0.4, -0.2) is 38.5 Å². The SMILES string of the molecule is COc1cccc(OCc2ccc(C(=O)Nc3cnn(C)c3C(=O)NCc3cnn(C)c3)o2)c1. The fourth-order valence-electron chi connectivity index (χ4n) is 3.23. The van der Waals surface area contributed by atoms with Gasteiger partial charge in [0.25, 0.3) is 11.8 Å². The van der Waals surface area contributed by atoms with Gasteiger partial charge >= 0.3 is 0 Å².